The quantitative estimate of drug-likeness (QED) is 0.700. The number of ether oxygens (including phenoxy) is 1. The number of nitrogens with one attached hydrogen (secondary N) is 1. The van der Waals surface area contributed by atoms with E-state index >= 15 is 0 Å². The van der Waals surface area contributed by atoms with Gasteiger partial charge in [-0.2, -0.15) is 0 Å². The summed E-state index contributed by atoms with van der Waals surface area (Å²) in [6.45, 7) is 1.58. The molecule has 2 aromatic carbocycles. The number of rotatable bonds is 6. The topological polar surface area (TPSA) is 21.3 Å². The van der Waals surface area contributed by atoms with Gasteiger partial charge in [-0.15, -0.1) is 0 Å². The first-order valence-electron chi connectivity index (χ1n) is 6.13. The molecule has 0 bridgehead atoms. The Balaban J connectivity index is 1.73. The monoisotopic (exact) mass is 383 g/mol. The molecule has 0 aromatic heterocycles. The van der Waals surface area contributed by atoms with Crippen molar-refractivity contribution in [3.63, 3.8) is 0 Å². The first-order valence-corrected chi connectivity index (χ1v) is 7.72. The van der Waals surface area contributed by atoms with Crippen molar-refractivity contribution < 1.29 is 4.74 Å². The summed E-state index contributed by atoms with van der Waals surface area (Å²) in [5, 5.41) is 3.36. The Morgan fingerprint density at radius 3 is 2.26 bits per heavy atom. The number of para-hydroxylation sites is 2. The molecule has 100 valence electrons. The van der Waals surface area contributed by atoms with Crippen LogP contribution in [0.4, 0.5) is 5.69 Å². The molecule has 0 saturated carbocycles. The second-order valence-corrected chi connectivity index (χ2v) is 5.75. The predicted octanol–water partition coefficient (Wildman–Crippen LogP) is 5.09. The van der Waals surface area contributed by atoms with Crippen molar-refractivity contribution in [1.29, 1.82) is 0 Å². The minimum atomic E-state index is 0.682. The number of hydrogen-bond acceptors (Lipinski definition) is 2. The lowest BCUT2D eigenvalue weighted by molar-refractivity contribution is 0.311. The zero-order chi connectivity index (χ0) is 13.5. The Morgan fingerprint density at radius 2 is 1.58 bits per heavy atom. The number of benzene rings is 2. The van der Waals surface area contributed by atoms with Crippen molar-refractivity contribution >= 4 is 37.5 Å². The van der Waals surface area contributed by atoms with Gasteiger partial charge in [-0.05, 0) is 62.5 Å². The molecule has 0 aliphatic heterocycles. The van der Waals surface area contributed by atoms with Crippen molar-refractivity contribution in [1.82, 2.24) is 0 Å². The van der Waals surface area contributed by atoms with E-state index in [4.69, 9.17) is 4.74 Å². The van der Waals surface area contributed by atoms with Gasteiger partial charge in [0, 0.05) is 12.2 Å². The second kappa shape index (κ2) is 7.56. The number of halogens is 2. The Morgan fingerprint density at radius 1 is 0.895 bits per heavy atom. The molecule has 1 N–H and O–H groups in total. The fourth-order valence-electron chi connectivity index (χ4n) is 1.66. The van der Waals surface area contributed by atoms with Crippen LogP contribution in [0.5, 0.6) is 5.75 Å². The summed E-state index contributed by atoms with van der Waals surface area (Å²) in [6, 6.07) is 16.1. The smallest absolute Gasteiger partial charge is 0.147 e. The van der Waals surface area contributed by atoms with Crippen LogP contribution in [0, 0.1) is 0 Å². The summed E-state index contributed by atoms with van der Waals surface area (Å²) in [4.78, 5) is 0. The molecule has 0 radical (unpaired) electrons. The van der Waals surface area contributed by atoms with Crippen LogP contribution in [-0.4, -0.2) is 13.2 Å². The third kappa shape index (κ3) is 4.55. The van der Waals surface area contributed by atoms with Gasteiger partial charge >= 0.3 is 0 Å². The van der Waals surface area contributed by atoms with Crippen LogP contribution < -0.4 is 10.1 Å². The molecule has 0 unspecified atom stereocenters. The Labute approximate surface area is 130 Å². The molecular weight excluding hydrogens is 370 g/mol. The maximum absolute atomic E-state index is 5.77. The van der Waals surface area contributed by atoms with Gasteiger partial charge in [0.15, 0.2) is 0 Å². The molecule has 0 amide bonds. The SMILES string of the molecule is Brc1cccc(Br)c1OCCCNc1ccccc1. The second-order valence-electron chi connectivity index (χ2n) is 4.05. The van der Waals surface area contributed by atoms with Gasteiger partial charge in [-0.25, -0.2) is 0 Å². The van der Waals surface area contributed by atoms with Gasteiger partial charge in [-0.1, -0.05) is 24.3 Å². The molecular formula is C15H15Br2NO. The first kappa shape index (κ1) is 14.4. The van der Waals surface area contributed by atoms with Crippen LogP contribution in [0.25, 0.3) is 0 Å². The molecule has 0 aliphatic rings. The highest BCUT2D eigenvalue weighted by atomic mass is 79.9. The van der Waals surface area contributed by atoms with Gasteiger partial charge < -0.3 is 10.1 Å². The van der Waals surface area contributed by atoms with Crippen molar-refractivity contribution in [3.8, 4) is 5.75 Å². The van der Waals surface area contributed by atoms with Gasteiger partial charge in [0.25, 0.3) is 0 Å². The Hall–Kier alpha value is -1.00. The third-order valence-electron chi connectivity index (χ3n) is 2.59. The predicted molar refractivity (Wildman–Crippen MR) is 86.9 cm³/mol. The average molecular weight is 385 g/mol. The van der Waals surface area contributed by atoms with Crippen LogP contribution in [0.2, 0.25) is 0 Å². The molecule has 0 spiro atoms. The molecule has 0 heterocycles. The number of anilines is 1. The first-order chi connectivity index (χ1) is 9.27. The zero-order valence-electron chi connectivity index (χ0n) is 10.4. The molecule has 2 rings (SSSR count). The van der Waals surface area contributed by atoms with E-state index in [1.165, 1.54) is 0 Å². The van der Waals surface area contributed by atoms with E-state index in [0.29, 0.717) is 6.61 Å². The maximum Gasteiger partial charge on any atom is 0.147 e. The Bertz CT molecular complexity index is 497. The standard InChI is InChI=1S/C15H15Br2NO/c16-13-8-4-9-14(17)15(13)19-11-5-10-18-12-6-2-1-3-7-12/h1-4,6-9,18H,5,10-11H2. The highest BCUT2D eigenvalue weighted by Gasteiger charge is 2.04. The van der Waals surface area contributed by atoms with E-state index in [1.54, 1.807) is 0 Å². The van der Waals surface area contributed by atoms with E-state index < -0.39 is 0 Å². The molecule has 4 heteroatoms. The molecule has 2 aromatic rings. The van der Waals surface area contributed by atoms with Gasteiger partial charge in [0.1, 0.15) is 5.75 Å². The fourth-order valence-corrected chi connectivity index (χ4v) is 2.88. The summed E-state index contributed by atoms with van der Waals surface area (Å²) in [5.41, 5.74) is 1.14. The van der Waals surface area contributed by atoms with Gasteiger partial charge in [-0.3, -0.25) is 0 Å². The number of hydrogen-bond donors (Lipinski definition) is 1. The fraction of sp³-hybridized carbons (Fsp3) is 0.200. The largest absolute Gasteiger partial charge is 0.491 e. The zero-order valence-corrected chi connectivity index (χ0v) is 13.6. The van der Waals surface area contributed by atoms with E-state index in [1.807, 2.05) is 36.4 Å². The van der Waals surface area contributed by atoms with Crippen LogP contribution in [0.3, 0.4) is 0 Å². The minimum Gasteiger partial charge on any atom is -0.491 e. The summed E-state index contributed by atoms with van der Waals surface area (Å²) >= 11 is 6.96. The van der Waals surface area contributed by atoms with Crippen LogP contribution in [0.1, 0.15) is 6.42 Å². The lowest BCUT2D eigenvalue weighted by atomic mass is 10.3. The maximum atomic E-state index is 5.77. The molecule has 2 nitrogen and oxygen atoms in total. The molecule has 0 atom stereocenters. The van der Waals surface area contributed by atoms with Crippen molar-refractivity contribution in [2.75, 3.05) is 18.5 Å². The van der Waals surface area contributed by atoms with E-state index in [9.17, 15) is 0 Å². The minimum absolute atomic E-state index is 0.682. The normalized spacial score (nSPS) is 10.2. The molecule has 19 heavy (non-hydrogen) atoms. The van der Waals surface area contributed by atoms with E-state index in [2.05, 4.69) is 49.3 Å². The third-order valence-corrected chi connectivity index (χ3v) is 3.84. The van der Waals surface area contributed by atoms with Crippen LogP contribution >= 0.6 is 31.9 Å². The molecule has 0 saturated heterocycles. The average Bonchev–Trinajstić information content (AvgIpc) is 2.42. The van der Waals surface area contributed by atoms with Crippen molar-refractivity contribution in [3.05, 3.63) is 57.5 Å². The molecule has 0 fully saturated rings. The highest BCUT2D eigenvalue weighted by molar-refractivity contribution is 9.11. The van der Waals surface area contributed by atoms with Crippen LogP contribution in [0.15, 0.2) is 57.5 Å². The summed E-state index contributed by atoms with van der Waals surface area (Å²) < 4.78 is 7.71. The Kier molecular flexibility index (Phi) is 5.73. The van der Waals surface area contributed by atoms with Gasteiger partial charge in [0.05, 0.1) is 15.6 Å². The van der Waals surface area contributed by atoms with Crippen LogP contribution in [-0.2, 0) is 0 Å². The summed E-state index contributed by atoms with van der Waals surface area (Å²) in [6.07, 6.45) is 0.947. The van der Waals surface area contributed by atoms with Crippen molar-refractivity contribution in [2.24, 2.45) is 0 Å². The summed E-state index contributed by atoms with van der Waals surface area (Å²) in [5.74, 6) is 0.863. The van der Waals surface area contributed by atoms with Gasteiger partial charge in [0.2, 0.25) is 0 Å². The lowest BCUT2D eigenvalue weighted by Gasteiger charge is -2.10. The van der Waals surface area contributed by atoms with E-state index in [-0.39, 0.29) is 0 Å². The summed E-state index contributed by atoms with van der Waals surface area (Å²) in [7, 11) is 0. The van der Waals surface area contributed by atoms with Crippen molar-refractivity contribution in [2.45, 2.75) is 6.42 Å². The molecule has 0 aliphatic carbocycles. The highest BCUT2D eigenvalue weighted by Crippen LogP contribution is 2.32. The van der Waals surface area contributed by atoms with E-state index in [0.717, 1.165) is 33.3 Å². The lowest BCUT2D eigenvalue weighted by Crippen LogP contribution is -2.07.